The van der Waals surface area contributed by atoms with Gasteiger partial charge in [0.2, 0.25) is 0 Å². The minimum Gasteiger partial charge on any atom is -0.479 e. The number of aliphatic carboxylic acids is 1. The van der Waals surface area contributed by atoms with Crippen LogP contribution in [-0.2, 0) is 9.53 Å². The Bertz CT molecular complexity index is 1030. The molecule has 1 fully saturated rings. The Morgan fingerprint density at radius 2 is 1.70 bits per heavy atom. The van der Waals surface area contributed by atoms with Crippen molar-refractivity contribution < 1.29 is 19.4 Å². The number of benzene rings is 1. The quantitative estimate of drug-likeness (QED) is 0.563. The number of hydrogen-bond donors (Lipinski definition) is 1. The van der Waals surface area contributed by atoms with Gasteiger partial charge in [0.25, 0.3) is 0 Å². The molecule has 1 aromatic carbocycles. The molecule has 1 saturated heterocycles. The number of piperidine rings is 1. The van der Waals surface area contributed by atoms with Crippen LogP contribution in [0.2, 0.25) is 0 Å². The molecule has 1 aliphatic rings. The summed E-state index contributed by atoms with van der Waals surface area (Å²) in [5.74, 6) is -1.03. The number of hydrogen-bond acceptors (Lipinski definition) is 5. The van der Waals surface area contributed by atoms with Gasteiger partial charge < -0.3 is 14.7 Å². The molecule has 1 N–H and O–H groups in total. The first kappa shape index (κ1) is 24.9. The van der Waals surface area contributed by atoms with Crippen LogP contribution in [0.1, 0.15) is 80.9 Å². The van der Waals surface area contributed by atoms with Gasteiger partial charge in [-0.2, -0.15) is 0 Å². The summed E-state index contributed by atoms with van der Waals surface area (Å²) in [6.45, 7) is 15.6. The lowest BCUT2D eigenvalue weighted by molar-refractivity contribution is -0.160. The molecule has 1 aliphatic heterocycles. The number of aldehydes is 1. The zero-order valence-electron chi connectivity index (χ0n) is 20.9. The second kappa shape index (κ2) is 9.26. The molecule has 3 rings (SSSR count). The first-order valence-electron chi connectivity index (χ1n) is 11.6. The van der Waals surface area contributed by atoms with E-state index in [-0.39, 0.29) is 5.41 Å². The number of pyridine rings is 1. The minimum absolute atomic E-state index is 0.244. The van der Waals surface area contributed by atoms with Gasteiger partial charge in [0.05, 0.1) is 11.3 Å². The summed E-state index contributed by atoms with van der Waals surface area (Å²) in [5.41, 5.74) is 4.98. The van der Waals surface area contributed by atoms with Crippen LogP contribution in [0, 0.1) is 19.3 Å². The highest BCUT2D eigenvalue weighted by Crippen LogP contribution is 2.44. The predicted octanol–water partition coefficient (Wildman–Crippen LogP) is 5.75. The van der Waals surface area contributed by atoms with E-state index in [4.69, 9.17) is 9.72 Å². The van der Waals surface area contributed by atoms with E-state index in [0.717, 1.165) is 54.7 Å². The smallest absolute Gasteiger partial charge is 0.337 e. The van der Waals surface area contributed by atoms with Gasteiger partial charge in [0.15, 0.2) is 6.10 Å². The van der Waals surface area contributed by atoms with Gasteiger partial charge in [-0.25, -0.2) is 4.79 Å². The maximum atomic E-state index is 12.5. The van der Waals surface area contributed by atoms with Gasteiger partial charge in [-0.1, -0.05) is 38.1 Å². The summed E-state index contributed by atoms with van der Waals surface area (Å²) in [6.07, 6.45) is 1.69. The largest absolute Gasteiger partial charge is 0.479 e. The standard InChI is InChI=1S/C27H36N2O4/c1-17-21(20-10-8-19(16-30)9-11-20)23(29-14-12-27(6,7)13-15-29)22(18(2)28-17)24(25(31)32)33-26(3,4)5/h8-11,16,24H,12-15H2,1-7H3,(H,31,32)/t24-/m0/s1. The number of anilines is 1. The fourth-order valence-electron chi connectivity index (χ4n) is 4.48. The van der Waals surface area contributed by atoms with Crippen molar-refractivity contribution in [2.75, 3.05) is 18.0 Å². The minimum atomic E-state index is -1.14. The summed E-state index contributed by atoms with van der Waals surface area (Å²) >= 11 is 0. The molecule has 2 aromatic rings. The SMILES string of the molecule is Cc1nc(C)c([C@H](OC(C)(C)C)C(=O)O)c(N2CCC(C)(C)CC2)c1-c1ccc(C=O)cc1. The van der Waals surface area contributed by atoms with Crippen LogP contribution in [0.3, 0.4) is 0 Å². The Balaban J connectivity index is 2.29. The van der Waals surface area contributed by atoms with Gasteiger partial charge in [-0.15, -0.1) is 0 Å². The van der Waals surface area contributed by atoms with Crippen molar-refractivity contribution in [3.8, 4) is 11.1 Å². The highest BCUT2D eigenvalue weighted by atomic mass is 16.5. The maximum absolute atomic E-state index is 12.5. The highest BCUT2D eigenvalue weighted by Gasteiger charge is 2.36. The van der Waals surface area contributed by atoms with E-state index < -0.39 is 17.7 Å². The fraction of sp³-hybridized carbons (Fsp3) is 0.519. The third-order valence-corrected chi connectivity index (χ3v) is 6.31. The molecule has 0 aliphatic carbocycles. The van der Waals surface area contributed by atoms with E-state index in [1.165, 1.54) is 0 Å². The number of carboxylic acids is 1. The fourth-order valence-corrected chi connectivity index (χ4v) is 4.48. The van der Waals surface area contributed by atoms with Crippen LogP contribution in [0.25, 0.3) is 11.1 Å². The zero-order valence-corrected chi connectivity index (χ0v) is 20.9. The Morgan fingerprint density at radius 1 is 1.12 bits per heavy atom. The van der Waals surface area contributed by atoms with Crippen LogP contribution < -0.4 is 4.90 Å². The van der Waals surface area contributed by atoms with Crippen LogP contribution in [-0.4, -0.2) is 41.0 Å². The number of carboxylic acid groups (broad SMARTS) is 1. The summed E-state index contributed by atoms with van der Waals surface area (Å²) in [7, 11) is 0. The predicted molar refractivity (Wildman–Crippen MR) is 131 cm³/mol. The monoisotopic (exact) mass is 452 g/mol. The van der Waals surface area contributed by atoms with Gasteiger partial charge in [0.1, 0.15) is 6.29 Å². The zero-order chi connectivity index (χ0) is 24.6. The molecule has 1 aromatic heterocycles. The molecule has 178 valence electrons. The number of aryl methyl sites for hydroxylation is 2. The van der Waals surface area contributed by atoms with Crippen LogP contribution in [0.5, 0.6) is 0 Å². The van der Waals surface area contributed by atoms with Crippen molar-refractivity contribution in [3.63, 3.8) is 0 Å². The van der Waals surface area contributed by atoms with Crippen molar-refractivity contribution in [3.05, 3.63) is 46.8 Å². The van der Waals surface area contributed by atoms with Crippen LogP contribution in [0.4, 0.5) is 5.69 Å². The molecule has 0 unspecified atom stereocenters. The second-order valence-corrected chi connectivity index (χ2v) is 10.8. The molecule has 33 heavy (non-hydrogen) atoms. The number of nitrogens with zero attached hydrogens (tertiary/aromatic N) is 2. The number of rotatable bonds is 6. The molecular formula is C27H36N2O4. The number of aromatic nitrogens is 1. The Hall–Kier alpha value is -2.73. The number of ether oxygens (including phenoxy) is 1. The molecule has 0 spiro atoms. The summed E-state index contributed by atoms with van der Waals surface area (Å²) < 4.78 is 6.09. The Labute approximate surface area is 197 Å². The number of carbonyl (C=O) groups is 2. The second-order valence-electron chi connectivity index (χ2n) is 10.8. The van der Waals surface area contributed by atoms with E-state index in [1.54, 1.807) is 12.1 Å². The van der Waals surface area contributed by atoms with Crippen molar-refractivity contribution in [1.29, 1.82) is 0 Å². The molecule has 1 atom stereocenters. The number of carbonyl (C=O) groups excluding carboxylic acids is 1. The van der Waals surface area contributed by atoms with E-state index in [2.05, 4.69) is 18.7 Å². The van der Waals surface area contributed by atoms with Crippen LogP contribution >= 0.6 is 0 Å². The lowest BCUT2D eigenvalue weighted by Crippen LogP contribution is -2.39. The molecular weight excluding hydrogens is 416 g/mol. The molecule has 6 nitrogen and oxygen atoms in total. The van der Waals surface area contributed by atoms with Gasteiger partial charge >= 0.3 is 5.97 Å². The van der Waals surface area contributed by atoms with Crippen molar-refractivity contribution >= 4 is 17.9 Å². The molecule has 0 amide bonds. The van der Waals surface area contributed by atoms with Gasteiger partial charge in [-0.05, 0) is 58.4 Å². The Kier molecular flexibility index (Phi) is 6.99. The first-order valence-corrected chi connectivity index (χ1v) is 11.6. The van der Waals surface area contributed by atoms with Crippen LogP contribution in [0.15, 0.2) is 24.3 Å². The molecule has 2 heterocycles. The van der Waals surface area contributed by atoms with Crippen molar-refractivity contribution in [2.45, 2.75) is 73.0 Å². The lowest BCUT2D eigenvalue weighted by Gasteiger charge is -2.41. The normalized spacial score (nSPS) is 17.0. The maximum Gasteiger partial charge on any atom is 0.337 e. The van der Waals surface area contributed by atoms with E-state index in [0.29, 0.717) is 16.8 Å². The topological polar surface area (TPSA) is 79.7 Å². The molecule has 6 heteroatoms. The summed E-state index contributed by atoms with van der Waals surface area (Å²) in [6, 6.07) is 7.38. The van der Waals surface area contributed by atoms with Gasteiger partial charge in [0, 0.05) is 41.2 Å². The first-order chi connectivity index (χ1) is 15.3. The molecule has 0 radical (unpaired) electrons. The Morgan fingerprint density at radius 3 is 2.18 bits per heavy atom. The van der Waals surface area contributed by atoms with E-state index in [1.807, 2.05) is 46.8 Å². The van der Waals surface area contributed by atoms with Crippen molar-refractivity contribution in [2.24, 2.45) is 5.41 Å². The molecule has 0 saturated carbocycles. The average Bonchev–Trinajstić information content (AvgIpc) is 2.71. The molecule has 0 bridgehead atoms. The highest BCUT2D eigenvalue weighted by molar-refractivity contribution is 5.88. The summed E-state index contributed by atoms with van der Waals surface area (Å²) in [4.78, 5) is 30.7. The van der Waals surface area contributed by atoms with E-state index >= 15 is 0 Å². The third kappa shape index (κ3) is 5.61. The average molecular weight is 453 g/mol. The summed E-state index contributed by atoms with van der Waals surface area (Å²) in [5, 5.41) is 10.2. The third-order valence-electron chi connectivity index (χ3n) is 6.31. The van der Waals surface area contributed by atoms with Gasteiger partial charge in [-0.3, -0.25) is 9.78 Å². The van der Waals surface area contributed by atoms with E-state index in [9.17, 15) is 14.7 Å². The lowest BCUT2D eigenvalue weighted by atomic mass is 9.81. The van der Waals surface area contributed by atoms with Crippen molar-refractivity contribution in [1.82, 2.24) is 4.98 Å².